The Labute approximate surface area is 194 Å². The molecule has 2 aliphatic heterocycles. The largest absolute Gasteiger partial charge is 0.421 e. The van der Waals surface area contributed by atoms with Gasteiger partial charge in [-0.3, -0.25) is 0 Å². The van der Waals surface area contributed by atoms with Crippen LogP contribution in [0.2, 0.25) is 0 Å². The molecule has 3 aromatic heterocycles. The standard InChI is InChI=1S/C23H22FN9O/c1-11-28-7-13(8-29-11)34-23-31-21-19(22(32-23)33-9-12-3-4-27-17(12)10-33)18-14(6-25)15(24)5-16(26-2)20(18)30-21/h5,7-8,12,17,26-27H,3-4,9-10H2,1-2H3,(H,30,31,32)/t12-,17+/m1/s1. The summed E-state index contributed by atoms with van der Waals surface area (Å²) in [7, 11) is 1.71. The first kappa shape index (κ1) is 20.6. The quantitative estimate of drug-likeness (QED) is 0.422. The topological polar surface area (TPSA) is 128 Å². The molecular formula is C23H22FN9O. The van der Waals surface area contributed by atoms with E-state index in [-0.39, 0.29) is 11.6 Å². The number of hydrogen-bond acceptors (Lipinski definition) is 9. The Morgan fingerprint density at radius 2 is 2.06 bits per heavy atom. The first-order valence-corrected chi connectivity index (χ1v) is 11.1. The number of nitriles is 1. The number of ether oxygens (including phenoxy) is 1. The first-order valence-electron chi connectivity index (χ1n) is 11.1. The second-order valence-corrected chi connectivity index (χ2v) is 8.65. The zero-order valence-electron chi connectivity index (χ0n) is 18.7. The number of benzene rings is 1. The maximum absolute atomic E-state index is 14.9. The summed E-state index contributed by atoms with van der Waals surface area (Å²) in [5.74, 6) is 1.56. The second kappa shape index (κ2) is 7.78. The van der Waals surface area contributed by atoms with E-state index in [9.17, 15) is 9.65 Å². The number of aromatic nitrogens is 5. The van der Waals surface area contributed by atoms with Crippen LogP contribution in [0.3, 0.4) is 0 Å². The molecule has 0 unspecified atom stereocenters. The van der Waals surface area contributed by atoms with Crippen LogP contribution in [-0.4, -0.2) is 57.6 Å². The number of fused-ring (bicyclic) bond motifs is 4. The van der Waals surface area contributed by atoms with Crippen LogP contribution in [0, 0.1) is 30.0 Å². The van der Waals surface area contributed by atoms with Crippen LogP contribution in [0.25, 0.3) is 21.9 Å². The van der Waals surface area contributed by atoms with E-state index in [2.05, 4.69) is 35.5 Å². The van der Waals surface area contributed by atoms with E-state index in [1.807, 2.05) is 6.07 Å². The van der Waals surface area contributed by atoms with Gasteiger partial charge in [-0.1, -0.05) is 0 Å². The molecule has 2 atom stereocenters. The molecule has 0 saturated carbocycles. The number of rotatable bonds is 4. The van der Waals surface area contributed by atoms with Crippen molar-refractivity contribution in [2.45, 2.75) is 19.4 Å². The summed E-state index contributed by atoms with van der Waals surface area (Å²) in [5.41, 5.74) is 1.55. The van der Waals surface area contributed by atoms with Crippen molar-refractivity contribution >= 4 is 33.4 Å². The third-order valence-corrected chi connectivity index (χ3v) is 6.65. The summed E-state index contributed by atoms with van der Waals surface area (Å²) < 4.78 is 20.8. The molecule has 0 spiro atoms. The highest BCUT2D eigenvalue weighted by atomic mass is 19.1. The van der Waals surface area contributed by atoms with Crippen LogP contribution < -0.4 is 20.3 Å². The lowest BCUT2D eigenvalue weighted by atomic mass is 10.1. The van der Waals surface area contributed by atoms with Gasteiger partial charge in [0.15, 0.2) is 5.75 Å². The van der Waals surface area contributed by atoms with Gasteiger partial charge < -0.3 is 25.3 Å². The Morgan fingerprint density at radius 3 is 2.79 bits per heavy atom. The van der Waals surface area contributed by atoms with E-state index in [1.54, 1.807) is 26.4 Å². The lowest BCUT2D eigenvalue weighted by molar-refractivity contribution is 0.439. The van der Waals surface area contributed by atoms with Crippen molar-refractivity contribution in [3.05, 3.63) is 35.7 Å². The summed E-state index contributed by atoms with van der Waals surface area (Å²) in [6.07, 6.45) is 4.22. The minimum Gasteiger partial charge on any atom is -0.421 e. The van der Waals surface area contributed by atoms with Gasteiger partial charge in [0.2, 0.25) is 0 Å². The van der Waals surface area contributed by atoms with Crippen molar-refractivity contribution in [2.75, 3.05) is 36.9 Å². The predicted molar refractivity (Wildman–Crippen MR) is 125 cm³/mol. The van der Waals surface area contributed by atoms with Crippen molar-refractivity contribution < 1.29 is 9.13 Å². The summed E-state index contributed by atoms with van der Waals surface area (Å²) in [5, 5.41) is 17.4. The van der Waals surface area contributed by atoms with Crippen molar-refractivity contribution in [1.29, 1.82) is 5.26 Å². The van der Waals surface area contributed by atoms with E-state index >= 15 is 0 Å². The average Bonchev–Trinajstić information content (AvgIpc) is 3.53. The smallest absolute Gasteiger partial charge is 0.326 e. The summed E-state index contributed by atoms with van der Waals surface area (Å²) in [4.78, 5) is 23.1. The molecule has 11 heteroatoms. The average molecular weight is 459 g/mol. The number of aromatic amines is 1. The number of H-pyrrole nitrogens is 1. The van der Waals surface area contributed by atoms with Crippen LogP contribution in [0.15, 0.2) is 18.5 Å². The van der Waals surface area contributed by atoms with Crippen LogP contribution >= 0.6 is 0 Å². The minimum atomic E-state index is -0.594. The molecule has 0 aliphatic carbocycles. The molecule has 2 saturated heterocycles. The third kappa shape index (κ3) is 3.18. The van der Waals surface area contributed by atoms with E-state index in [1.165, 1.54) is 6.07 Å². The summed E-state index contributed by atoms with van der Waals surface area (Å²) in [6, 6.07) is 3.83. The molecule has 172 valence electrons. The molecule has 0 radical (unpaired) electrons. The molecule has 3 N–H and O–H groups in total. The molecule has 1 aromatic carbocycles. The first-order chi connectivity index (χ1) is 16.6. The van der Waals surface area contributed by atoms with E-state index < -0.39 is 5.82 Å². The van der Waals surface area contributed by atoms with Gasteiger partial charge in [-0.25, -0.2) is 14.4 Å². The Balaban J connectivity index is 1.58. The molecule has 2 aliphatic rings. The van der Waals surface area contributed by atoms with Gasteiger partial charge in [-0.05, 0) is 25.8 Å². The van der Waals surface area contributed by atoms with Crippen LogP contribution in [0.5, 0.6) is 11.8 Å². The van der Waals surface area contributed by atoms with Gasteiger partial charge in [0, 0.05) is 37.6 Å². The number of hydrogen-bond donors (Lipinski definition) is 3. The van der Waals surface area contributed by atoms with Crippen molar-refractivity contribution in [2.24, 2.45) is 5.92 Å². The fraction of sp³-hybridized carbons (Fsp3) is 0.348. The number of nitrogens with zero attached hydrogens (tertiary/aromatic N) is 6. The highest BCUT2D eigenvalue weighted by molar-refractivity contribution is 6.17. The highest BCUT2D eigenvalue weighted by Crippen LogP contribution is 2.41. The second-order valence-electron chi connectivity index (χ2n) is 8.65. The molecule has 34 heavy (non-hydrogen) atoms. The SMILES string of the molecule is CNc1cc(F)c(C#N)c2c1[nH]c1nc(Oc3cnc(C)nc3)nc(N3C[C@H]4CCN[C@H]4C3)c12. The Hall–Kier alpha value is -4.04. The van der Waals surface area contributed by atoms with Gasteiger partial charge in [-0.15, -0.1) is 0 Å². The molecule has 0 bridgehead atoms. The fourth-order valence-electron chi connectivity index (χ4n) is 5.04. The number of anilines is 2. The molecule has 10 nitrogen and oxygen atoms in total. The minimum absolute atomic E-state index is 0.0387. The fourth-order valence-corrected chi connectivity index (χ4v) is 5.04. The zero-order valence-corrected chi connectivity index (χ0v) is 18.7. The van der Waals surface area contributed by atoms with Crippen LogP contribution in [0.4, 0.5) is 15.9 Å². The maximum atomic E-state index is 14.9. The van der Waals surface area contributed by atoms with Crippen molar-refractivity contribution in [1.82, 2.24) is 30.2 Å². The normalized spacial score (nSPS) is 19.5. The molecule has 5 heterocycles. The van der Waals surface area contributed by atoms with Gasteiger partial charge >= 0.3 is 6.01 Å². The van der Waals surface area contributed by atoms with Gasteiger partial charge in [-0.2, -0.15) is 15.2 Å². The highest BCUT2D eigenvalue weighted by Gasteiger charge is 2.38. The monoisotopic (exact) mass is 459 g/mol. The number of aryl methyl sites for hydroxylation is 1. The summed E-state index contributed by atoms with van der Waals surface area (Å²) >= 11 is 0. The molecule has 6 rings (SSSR count). The summed E-state index contributed by atoms with van der Waals surface area (Å²) in [6.45, 7) is 4.36. The number of halogens is 1. The Morgan fingerprint density at radius 1 is 1.24 bits per heavy atom. The van der Waals surface area contributed by atoms with Crippen molar-refractivity contribution in [3.63, 3.8) is 0 Å². The van der Waals surface area contributed by atoms with Gasteiger partial charge in [0.1, 0.15) is 29.2 Å². The van der Waals surface area contributed by atoms with Crippen LogP contribution in [-0.2, 0) is 0 Å². The molecule has 0 amide bonds. The van der Waals surface area contributed by atoms with Gasteiger partial charge in [0.25, 0.3) is 0 Å². The van der Waals surface area contributed by atoms with Crippen molar-refractivity contribution in [3.8, 4) is 17.8 Å². The Kier molecular flexibility index (Phi) is 4.70. The third-order valence-electron chi connectivity index (χ3n) is 6.65. The lowest BCUT2D eigenvalue weighted by Gasteiger charge is -2.20. The predicted octanol–water partition coefficient (Wildman–Crippen LogP) is 2.85. The lowest BCUT2D eigenvalue weighted by Crippen LogP contribution is -2.30. The maximum Gasteiger partial charge on any atom is 0.326 e. The van der Waals surface area contributed by atoms with E-state index in [0.29, 0.717) is 57.0 Å². The van der Waals surface area contributed by atoms with Crippen LogP contribution in [0.1, 0.15) is 17.8 Å². The molecular weight excluding hydrogens is 437 g/mol. The van der Waals surface area contributed by atoms with E-state index in [0.717, 1.165) is 26.1 Å². The van der Waals surface area contributed by atoms with Gasteiger partial charge in [0.05, 0.1) is 34.5 Å². The molecule has 2 fully saturated rings. The number of nitrogens with one attached hydrogen (secondary N) is 3. The van der Waals surface area contributed by atoms with E-state index in [4.69, 9.17) is 9.72 Å². The zero-order chi connectivity index (χ0) is 23.4. The molecule has 4 aromatic rings. The Bertz CT molecular complexity index is 1450.